The molecule has 7 nitrogen and oxygen atoms in total. The van der Waals surface area contributed by atoms with Crippen LogP contribution in [0.4, 0.5) is 4.39 Å². The Morgan fingerprint density at radius 1 is 1.18 bits per heavy atom. The summed E-state index contributed by atoms with van der Waals surface area (Å²) in [5.41, 5.74) is 12.7. The predicted molar refractivity (Wildman–Crippen MR) is 132 cm³/mol. The van der Waals surface area contributed by atoms with Gasteiger partial charge >= 0.3 is 0 Å². The molecule has 0 radical (unpaired) electrons. The fourth-order valence-electron chi connectivity index (χ4n) is 5.55. The van der Waals surface area contributed by atoms with Gasteiger partial charge in [0.25, 0.3) is 0 Å². The van der Waals surface area contributed by atoms with Crippen LogP contribution in [0.25, 0.3) is 22.3 Å². The largest absolute Gasteiger partial charge is 0.339 e. The summed E-state index contributed by atoms with van der Waals surface area (Å²) in [4.78, 5) is 19.4. The van der Waals surface area contributed by atoms with E-state index in [4.69, 9.17) is 4.98 Å². The Morgan fingerprint density at radius 2 is 2.09 bits per heavy atom. The zero-order valence-corrected chi connectivity index (χ0v) is 20.0. The third kappa shape index (κ3) is 3.92. The van der Waals surface area contributed by atoms with Crippen LogP contribution in [0.2, 0.25) is 0 Å². The lowest BCUT2D eigenvalue weighted by atomic mass is 9.72. The van der Waals surface area contributed by atoms with E-state index >= 15 is 4.39 Å². The zero-order valence-electron chi connectivity index (χ0n) is 19.2. The number of aromatic amines is 1. The molecule has 176 valence electrons. The molecule has 1 saturated heterocycles. The van der Waals surface area contributed by atoms with Gasteiger partial charge in [-0.3, -0.25) is 10.4 Å². The lowest BCUT2D eigenvalue weighted by molar-refractivity contribution is 0.144. The second-order valence-corrected chi connectivity index (χ2v) is 10.5. The molecular formula is C25H28FN7S. The number of hydrogen-bond acceptors (Lipinski definition) is 7. The summed E-state index contributed by atoms with van der Waals surface area (Å²) in [5.74, 6) is 0.993. The molecule has 1 saturated carbocycles. The van der Waals surface area contributed by atoms with Crippen LogP contribution in [0.5, 0.6) is 0 Å². The van der Waals surface area contributed by atoms with E-state index < -0.39 is 6.17 Å². The predicted octanol–water partition coefficient (Wildman–Crippen LogP) is 4.19. The standard InChI is InChI=1S/C25H28FN7S/c1-33(2)12-14-7-17(11-27-10-14)16-8-19-21(20(26)9-16)31-32-23(19)25-29-22-18(15-4-6-34-13-15)3-5-28-24(22)30-25/h3-7,10-11,13,16,19-21,23,31-32H,8-9,12H2,1-2H3,(H,28,29,30). The lowest BCUT2D eigenvalue weighted by Gasteiger charge is -2.35. The molecule has 0 amide bonds. The van der Waals surface area contributed by atoms with Crippen LogP contribution >= 0.6 is 11.3 Å². The number of thiophene rings is 1. The van der Waals surface area contributed by atoms with Crippen molar-refractivity contribution in [1.82, 2.24) is 35.7 Å². The molecular weight excluding hydrogens is 449 g/mol. The van der Waals surface area contributed by atoms with E-state index in [1.165, 1.54) is 0 Å². The van der Waals surface area contributed by atoms with Crippen LogP contribution in [0.3, 0.4) is 0 Å². The number of hydrogen-bond donors (Lipinski definition) is 3. The van der Waals surface area contributed by atoms with E-state index in [1.807, 2.05) is 32.6 Å². The fraction of sp³-hybridized carbons (Fsp3) is 0.400. The third-order valence-electron chi connectivity index (χ3n) is 7.07. The van der Waals surface area contributed by atoms with E-state index in [0.29, 0.717) is 12.1 Å². The fourth-order valence-corrected chi connectivity index (χ4v) is 6.21. The van der Waals surface area contributed by atoms with E-state index in [9.17, 15) is 0 Å². The number of halogens is 1. The molecule has 34 heavy (non-hydrogen) atoms. The molecule has 0 aromatic carbocycles. The monoisotopic (exact) mass is 477 g/mol. The smallest absolute Gasteiger partial charge is 0.178 e. The van der Waals surface area contributed by atoms with Crippen LogP contribution in [0, 0.1) is 5.92 Å². The van der Waals surface area contributed by atoms with Crippen molar-refractivity contribution in [2.45, 2.75) is 43.6 Å². The molecule has 4 aromatic heterocycles. The second kappa shape index (κ2) is 8.81. The molecule has 5 atom stereocenters. The summed E-state index contributed by atoms with van der Waals surface area (Å²) in [6.07, 6.45) is 6.02. The Labute approximate surface area is 201 Å². The summed E-state index contributed by atoms with van der Waals surface area (Å²) in [6.45, 7) is 0.822. The minimum atomic E-state index is -0.942. The Balaban J connectivity index is 1.30. The van der Waals surface area contributed by atoms with Gasteiger partial charge in [0.1, 0.15) is 12.0 Å². The molecule has 6 rings (SSSR count). The van der Waals surface area contributed by atoms with Gasteiger partial charge in [0.15, 0.2) is 5.65 Å². The van der Waals surface area contributed by atoms with Crippen molar-refractivity contribution in [3.8, 4) is 11.1 Å². The van der Waals surface area contributed by atoms with Gasteiger partial charge in [-0.25, -0.2) is 19.8 Å². The average molecular weight is 478 g/mol. The van der Waals surface area contributed by atoms with Crippen LogP contribution < -0.4 is 10.9 Å². The number of aromatic nitrogens is 4. The number of H-pyrrole nitrogens is 1. The first kappa shape index (κ1) is 21.8. The molecule has 4 aromatic rings. The van der Waals surface area contributed by atoms with Crippen LogP contribution in [-0.4, -0.2) is 51.1 Å². The maximum Gasteiger partial charge on any atom is 0.178 e. The highest BCUT2D eigenvalue weighted by Crippen LogP contribution is 2.45. The van der Waals surface area contributed by atoms with E-state index in [1.54, 1.807) is 17.5 Å². The van der Waals surface area contributed by atoms with Crippen molar-refractivity contribution in [3.05, 3.63) is 64.5 Å². The first-order valence-corrected chi connectivity index (χ1v) is 12.6. The van der Waals surface area contributed by atoms with Crippen molar-refractivity contribution >= 4 is 22.5 Å². The first-order valence-electron chi connectivity index (χ1n) is 11.7. The molecule has 3 N–H and O–H groups in total. The summed E-state index contributed by atoms with van der Waals surface area (Å²) in [5, 5.41) is 4.19. The molecule has 5 unspecified atom stereocenters. The number of nitrogens with zero attached hydrogens (tertiary/aromatic N) is 4. The quantitative estimate of drug-likeness (QED) is 0.400. The Morgan fingerprint density at radius 3 is 2.91 bits per heavy atom. The molecule has 2 fully saturated rings. The topological polar surface area (TPSA) is 81.8 Å². The number of nitrogens with one attached hydrogen (secondary N) is 3. The minimum Gasteiger partial charge on any atom is -0.339 e. The Hall–Kier alpha value is -2.72. The van der Waals surface area contributed by atoms with E-state index in [-0.39, 0.29) is 23.9 Å². The van der Waals surface area contributed by atoms with Crippen molar-refractivity contribution in [3.63, 3.8) is 0 Å². The summed E-state index contributed by atoms with van der Waals surface area (Å²) in [7, 11) is 4.09. The minimum absolute atomic E-state index is 0.0661. The average Bonchev–Trinajstić information content (AvgIpc) is 3.57. The number of hydrazine groups is 1. The van der Waals surface area contributed by atoms with E-state index in [2.05, 4.69) is 53.6 Å². The number of pyridine rings is 2. The molecule has 5 heterocycles. The second-order valence-electron chi connectivity index (χ2n) is 9.70. The number of alkyl halides is 1. The molecule has 0 spiro atoms. The molecule has 1 aliphatic carbocycles. The van der Waals surface area contributed by atoms with Gasteiger partial charge in [0.05, 0.1) is 17.6 Å². The van der Waals surface area contributed by atoms with Gasteiger partial charge in [0.2, 0.25) is 0 Å². The number of fused-ring (bicyclic) bond motifs is 2. The number of rotatable bonds is 5. The van der Waals surface area contributed by atoms with E-state index in [0.717, 1.165) is 46.6 Å². The van der Waals surface area contributed by atoms with Gasteiger partial charge in [-0.2, -0.15) is 11.3 Å². The van der Waals surface area contributed by atoms with Crippen LogP contribution in [-0.2, 0) is 6.54 Å². The Kier molecular flexibility index (Phi) is 5.65. The first-order chi connectivity index (χ1) is 16.6. The van der Waals surface area contributed by atoms with Gasteiger partial charge < -0.3 is 9.88 Å². The highest BCUT2D eigenvalue weighted by atomic mass is 32.1. The van der Waals surface area contributed by atoms with Crippen LogP contribution in [0.15, 0.2) is 47.5 Å². The van der Waals surface area contributed by atoms with Crippen molar-refractivity contribution in [1.29, 1.82) is 0 Å². The number of imidazole rings is 1. The van der Waals surface area contributed by atoms with Gasteiger partial charge in [-0.05, 0) is 72.4 Å². The van der Waals surface area contributed by atoms with Crippen molar-refractivity contribution in [2.24, 2.45) is 5.92 Å². The van der Waals surface area contributed by atoms with Gasteiger partial charge in [0, 0.05) is 36.6 Å². The van der Waals surface area contributed by atoms with Gasteiger partial charge in [-0.1, -0.05) is 6.07 Å². The van der Waals surface area contributed by atoms with Crippen LogP contribution in [0.1, 0.15) is 41.8 Å². The lowest BCUT2D eigenvalue weighted by Crippen LogP contribution is -2.43. The zero-order chi connectivity index (χ0) is 23.2. The summed E-state index contributed by atoms with van der Waals surface area (Å²) >= 11 is 1.67. The summed E-state index contributed by atoms with van der Waals surface area (Å²) < 4.78 is 15.4. The molecule has 1 aliphatic heterocycles. The summed E-state index contributed by atoms with van der Waals surface area (Å²) in [6, 6.07) is 5.94. The highest BCUT2D eigenvalue weighted by molar-refractivity contribution is 7.08. The normalized spacial score (nSPS) is 26.9. The molecule has 0 bridgehead atoms. The third-order valence-corrected chi connectivity index (χ3v) is 7.76. The molecule has 9 heteroatoms. The maximum absolute atomic E-state index is 15.4. The van der Waals surface area contributed by atoms with Gasteiger partial charge in [-0.15, -0.1) is 0 Å². The SMILES string of the molecule is CN(C)Cc1cncc(C2CC(F)C3NNC(c4nc5nccc(-c6ccsc6)c5[nH]4)C3C2)c1. The maximum atomic E-state index is 15.4. The Bertz CT molecular complexity index is 1290. The van der Waals surface area contributed by atoms with Crippen molar-refractivity contribution < 1.29 is 4.39 Å². The molecule has 2 aliphatic rings. The highest BCUT2D eigenvalue weighted by Gasteiger charge is 2.47. The van der Waals surface area contributed by atoms with Crippen molar-refractivity contribution in [2.75, 3.05) is 14.1 Å².